The van der Waals surface area contributed by atoms with Gasteiger partial charge in [-0.2, -0.15) is 4.98 Å². The van der Waals surface area contributed by atoms with E-state index in [0.717, 1.165) is 17.8 Å². The molecule has 0 aliphatic heterocycles. The van der Waals surface area contributed by atoms with E-state index in [9.17, 15) is 5.11 Å². The molecule has 0 unspecified atom stereocenters. The van der Waals surface area contributed by atoms with Crippen LogP contribution in [0.25, 0.3) is 0 Å². The molecule has 0 amide bonds. The topological polar surface area (TPSA) is 59.2 Å². The van der Waals surface area contributed by atoms with E-state index >= 15 is 0 Å². The van der Waals surface area contributed by atoms with Crippen LogP contribution in [0.3, 0.4) is 0 Å². The number of phenols is 1. The van der Waals surface area contributed by atoms with Crippen LogP contribution in [0.5, 0.6) is 5.75 Å². The molecule has 4 heteroatoms. The van der Waals surface area contributed by atoms with Crippen LogP contribution in [0.15, 0.2) is 28.8 Å². The summed E-state index contributed by atoms with van der Waals surface area (Å²) in [5.41, 5.74) is 0.963. The van der Waals surface area contributed by atoms with Crippen molar-refractivity contribution in [2.24, 2.45) is 5.92 Å². The third-order valence-corrected chi connectivity index (χ3v) is 2.37. The van der Waals surface area contributed by atoms with Gasteiger partial charge in [-0.05, 0) is 23.6 Å². The second kappa shape index (κ2) is 4.99. The molecule has 4 nitrogen and oxygen atoms in total. The predicted molar refractivity (Wildman–Crippen MR) is 63.8 cm³/mol. The van der Waals surface area contributed by atoms with Gasteiger partial charge >= 0.3 is 0 Å². The van der Waals surface area contributed by atoms with E-state index in [1.54, 1.807) is 18.2 Å². The van der Waals surface area contributed by atoms with Crippen molar-refractivity contribution in [1.29, 1.82) is 0 Å². The molecule has 0 spiro atoms. The van der Waals surface area contributed by atoms with Gasteiger partial charge in [-0.3, -0.25) is 0 Å². The fraction of sp³-hybridized carbons (Fsp3) is 0.385. The van der Waals surface area contributed by atoms with E-state index in [1.165, 1.54) is 0 Å². The number of benzene rings is 1. The van der Waals surface area contributed by atoms with Gasteiger partial charge in [0.25, 0.3) is 0 Å². The Morgan fingerprint density at radius 2 is 2.18 bits per heavy atom. The van der Waals surface area contributed by atoms with Crippen molar-refractivity contribution in [2.45, 2.75) is 26.7 Å². The molecule has 1 heterocycles. The molecule has 0 fully saturated rings. The van der Waals surface area contributed by atoms with Gasteiger partial charge in [0.05, 0.1) is 6.42 Å². The maximum Gasteiger partial charge on any atom is 0.231 e. The summed E-state index contributed by atoms with van der Waals surface area (Å²) in [7, 11) is 0. The van der Waals surface area contributed by atoms with Gasteiger partial charge in [-0.1, -0.05) is 31.1 Å². The van der Waals surface area contributed by atoms with E-state index in [1.807, 2.05) is 6.07 Å². The summed E-state index contributed by atoms with van der Waals surface area (Å²) in [5.74, 6) is 2.10. The van der Waals surface area contributed by atoms with Crippen LogP contribution in [0.4, 0.5) is 0 Å². The van der Waals surface area contributed by atoms with Crippen LogP contribution < -0.4 is 0 Å². The van der Waals surface area contributed by atoms with Crippen molar-refractivity contribution < 1.29 is 9.63 Å². The fourth-order valence-corrected chi connectivity index (χ4v) is 1.65. The lowest BCUT2D eigenvalue weighted by Crippen LogP contribution is -1.96. The first-order chi connectivity index (χ1) is 8.13. The quantitative estimate of drug-likeness (QED) is 0.880. The van der Waals surface area contributed by atoms with Crippen molar-refractivity contribution in [3.05, 3.63) is 41.5 Å². The van der Waals surface area contributed by atoms with E-state index in [4.69, 9.17) is 4.52 Å². The highest BCUT2D eigenvalue weighted by atomic mass is 16.5. The van der Waals surface area contributed by atoms with Crippen LogP contribution in [0.2, 0.25) is 0 Å². The Balaban J connectivity index is 2.06. The number of phenolic OH excluding ortho intramolecular Hbond substituents is 1. The predicted octanol–water partition coefficient (Wildman–Crippen LogP) is 2.56. The summed E-state index contributed by atoms with van der Waals surface area (Å²) in [6.45, 7) is 4.23. The Hall–Kier alpha value is -1.84. The second-order valence-corrected chi connectivity index (χ2v) is 4.55. The number of hydrogen-bond acceptors (Lipinski definition) is 4. The van der Waals surface area contributed by atoms with Crippen molar-refractivity contribution in [3.8, 4) is 5.75 Å². The summed E-state index contributed by atoms with van der Waals surface area (Å²) in [6.07, 6.45) is 1.38. The smallest absolute Gasteiger partial charge is 0.231 e. The third-order valence-electron chi connectivity index (χ3n) is 2.37. The lowest BCUT2D eigenvalue weighted by molar-refractivity contribution is 0.376. The van der Waals surface area contributed by atoms with E-state index in [2.05, 4.69) is 24.0 Å². The van der Waals surface area contributed by atoms with Gasteiger partial charge in [0, 0.05) is 6.42 Å². The van der Waals surface area contributed by atoms with E-state index in [0.29, 0.717) is 18.2 Å². The zero-order chi connectivity index (χ0) is 12.3. The van der Waals surface area contributed by atoms with Crippen LogP contribution in [0, 0.1) is 5.92 Å². The summed E-state index contributed by atoms with van der Waals surface area (Å²) in [4.78, 5) is 4.32. The van der Waals surface area contributed by atoms with Crippen molar-refractivity contribution in [1.82, 2.24) is 10.1 Å². The highest BCUT2D eigenvalue weighted by Crippen LogP contribution is 2.14. The molecule has 1 aromatic heterocycles. The van der Waals surface area contributed by atoms with Crippen LogP contribution in [-0.4, -0.2) is 15.2 Å². The average molecular weight is 232 g/mol. The van der Waals surface area contributed by atoms with Gasteiger partial charge in [-0.15, -0.1) is 0 Å². The maximum absolute atomic E-state index is 9.35. The number of aromatic nitrogens is 2. The van der Waals surface area contributed by atoms with Crippen molar-refractivity contribution in [3.63, 3.8) is 0 Å². The second-order valence-electron chi connectivity index (χ2n) is 4.55. The zero-order valence-electron chi connectivity index (χ0n) is 10.1. The van der Waals surface area contributed by atoms with Gasteiger partial charge in [0.15, 0.2) is 5.82 Å². The monoisotopic (exact) mass is 232 g/mol. The minimum absolute atomic E-state index is 0.254. The first-order valence-electron chi connectivity index (χ1n) is 5.73. The Morgan fingerprint density at radius 1 is 1.35 bits per heavy atom. The molecule has 2 rings (SSSR count). The Kier molecular flexibility index (Phi) is 3.42. The van der Waals surface area contributed by atoms with E-state index in [-0.39, 0.29) is 5.75 Å². The minimum Gasteiger partial charge on any atom is -0.508 e. The summed E-state index contributed by atoms with van der Waals surface area (Å²) >= 11 is 0. The molecule has 0 saturated carbocycles. The molecule has 17 heavy (non-hydrogen) atoms. The standard InChI is InChI=1S/C13H16N2O2/c1-9(2)6-12-14-13(17-15-12)8-10-4-3-5-11(16)7-10/h3-5,7,9,16H,6,8H2,1-2H3. The highest BCUT2D eigenvalue weighted by Gasteiger charge is 2.08. The lowest BCUT2D eigenvalue weighted by atomic mass is 10.1. The molecule has 1 N–H and O–H groups in total. The molecule has 1 aromatic carbocycles. The normalized spacial score (nSPS) is 11.0. The fourth-order valence-electron chi connectivity index (χ4n) is 1.65. The molecule has 0 saturated heterocycles. The van der Waals surface area contributed by atoms with E-state index < -0.39 is 0 Å². The van der Waals surface area contributed by atoms with Crippen LogP contribution in [-0.2, 0) is 12.8 Å². The summed E-state index contributed by atoms with van der Waals surface area (Å²) in [6, 6.07) is 7.07. The molecule has 90 valence electrons. The Bertz CT molecular complexity index is 492. The Labute approximate surface area is 100 Å². The summed E-state index contributed by atoms with van der Waals surface area (Å²) in [5, 5.41) is 13.3. The Morgan fingerprint density at radius 3 is 2.88 bits per heavy atom. The molecule has 2 aromatic rings. The summed E-state index contributed by atoms with van der Waals surface area (Å²) < 4.78 is 5.17. The number of nitrogens with zero attached hydrogens (tertiary/aromatic N) is 2. The minimum atomic E-state index is 0.254. The number of aromatic hydroxyl groups is 1. The maximum atomic E-state index is 9.35. The van der Waals surface area contributed by atoms with Gasteiger partial charge < -0.3 is 9.63 Å². The van der Waals surface area contributed by atoms with Crippen molar-refractivity contribution in [2.75, 3.05) is 0 Å². The number of hydrogen-bond donors (Lipinski definition) is 1. The van der Waals surface area contributed by atoms with Crippen molar-refractivity contribution >= 4 is 0 Å². The first kappa shape index (κ1) is 11.6. The molecule has 0 bridgehead atoms. The highest BCUT2D eigenvalue weighted by molar-refractivity contribution is 5.28. The van der Waals surface area contributed by atoms with Crippen LogP contribution in [0.1, 0.15) is 31.1 Å². The third kappa shape index (κ3) is 3.31. The van der Waals surface area contributed by atoms with Gasteiger partial charge in [0.2, 0.25) is 5.89 Å². The molecule has 0 atom stereocenters. The SMILES string of the molecule is CC(C)Cc1noc(Cc2cccc(O)c2)n1. The molecule has 0 aliphatic carbocycles. The first-order valence-corrected chi connectivity index (χ1v) is 5.73. The largest absolute Gasteiger partial charge is 0.508 e. The molecular formula is C13H16N2O2. The number of rotatable bonds is 4. The van der Waals surface area contributed by atoms with Gasteiger partial charge in [-0.25, -0.2) is 0 Å². The molecule has 0 radical (unpaired) electrons. The molecular weight excluding hydrogens is 216 g/mol. The average Bonchev–Trinajstić information content (AvgIpc) is 2.64. The van der Waals surface area contributed by atoms with Gasteiger partial charge in [0.1, 0.15) is 5.75 Å². The molecule has 0 aliphatic rings. The lowest BCUT2D eigenvalue weighted by Gasteiger charge is -1.97. The zero-order valence-corrected chi connectivity index (χ0v) is 10.1. The van der Waals surface area contributed by atoms with Crippen LogP contribution >= 0.6 is 0 Å².